The maximum atomic E-state index is 14.2. The van der Waals surface area contributed by atoms with Gasteiger partial charge in [-0.05, 0) is 42.8 Å². The van der Waals surface area contributed by atoms with E-state index in [2.05, 4.69) is 47.9 Å². The van der Waals surface area contributed by atoms with Crippen molar-refractivity contribution in [2.75, 3.05) is 0 Å². The van der Waals surface area contributed by atoms with Crippen LogP contribution in [-0.2, 0) is 62.4 Å². The molecule has 0 spiro atoms. The van der Waals surface area contributed by atoms with Gasteiger partial charge in [-0.2, -0.15) is 132 Å². The second-order valence-electron chi connectivity index (χ2n) is 20.2. The van der Waals surface area contributed by atoms with Crippen molar-refractivity contribution in [3.63, 3.8) is 0 Å². The van der Waals surface area contributed by atoms with Crippen molar-refractivity contribution in [1.82, 2.24) is 0 Å². The molecule has 0 aliphatic carbocycles. The van der Waals surface area contributed by atoms with Crippen LogP contribution < -0.4 is 26.4 Å². The highest BCUT2D eigenvalue weighted by atomic mass is 19.4. The van der Waals surface area contributed by atoms with Gasteiger partial charge in [0.05, 0.1) is 44.5 Å². The number of Topliss-reactive ketones (excluding diaryl/α,β-unsaturated/α-hetero) is 1. The number of aryl methyl sites for hydroxylation is 1. The van der Waals surface area contributed by atoms with E-state index in [9.17, 15) is 110 Å². The standard InChI is InChI=1S/C32H12BF24.C27H34NO/c34-25(35,36)13-1-14(26(37,38)39)6-21(5-13)33(22-7-15(27(40,41)42)2-16(8-22)28(43,44)45,23-9-17(29(46,47)48)3-18(10-23)30(49,50)51)24-11-19(31(52,53)54)4-20(12-24)32(55,56)57;1-2-3-4-5-6-7-8-12-18-25-21-20-23-15-13-14-19-26(23)28(25)22-27(29)24-16-10-9-11-17-24/h1-12H;9-11,13-17,19-21H,2-8,12,18,22H2,1H3/q-1;+1. The first-order chi connectivity index (χ1) is 39.6. The number of nitrogens with zero attached hydrogens (tertiary/aromatic N) is 1. The Morgan fingerprint density at radius 2 is 0.640 bits per heavy atom. The second kappa shape index (κ2) is 25.6. The van der Waals surface area contributed by atoms with Crippen LogP contribution in [0.1, 0.15) is 119 Å². The number of fused-ring (bicyclic) bond motifs is 1. The number of aromatic nitrogens is 1. The van der Waals surface area contributed by atoms with Gasteiger partial charge in [-0.25, -0.2) is 0 Å². The summed E-state index contributed by atoms with van der Waals surface area (Å²) < 4.78 is 343. The number of halogens is 24. The molecule has 1 heterocycles. The molecule has 0 atom stereocenters. The van der Waals surface area contributed by atoms with Crippen LogP contribution in [0, 0.1) is 0 Å². The van der Waals surface area contributed by atoms with Crippen LogP contribution in [0.2, 0.25) is 0 Å². The lowest BCUT2D eigenvalue weighted by Crippen LogP contribution is -2.75. The highest BCUT2D eigenvalue weighted by Gasteiger charge is 2.47. The number of carbonyl (C=O) groups is 1. The SMILES string of the molecule is CCCCCCCCCCc1ccc2ccccc2[n+]1CC(=O)c1ccccc1.FC(F)(F)c1cc([B-](c2cc(C(F)(F)F)cc(C(F)(F)F)c2)(c2cc(C(F)(F)F)cc(C(F)(F)F)c2)c2cc(C(F)(F)F)cc(C(F)(F)F)c2)cc(C(F)(F)F)c1. The van der Waals surface area contributed by atoms with Gasteiger partial charge in [0.25, 0.3) is 0 Å². The van der Waals surface area contributed by atoms with Crippen LogP contribution in [0.5, 0.6) is 0 Å². The van der Waals surface area contributed by atoms with Crippen LogP contribution in [0.3, 0.4) is 0 Å². The Morgan fingerprint density at radius 3 is 0.953 bits per heavy atom. The minimum atomic E-state index is -6.13. The highest BCUT2D eigenvalue weighted by molar-refractivity contribution is 7.20. The molecule has 27 heteroatoms. The summed E-state index contributed by atoms with van der Waals surface area (Å²) in [6.45, 7) is 2.67. The van der Waals surface area contributed by atoms with E-state index in [0.29, 0.717) is 6.54 Å². The fraction of sp³-hybridized carbons (Fsp3) is 0.322. The van der Waals surface area contributed by atoms with Gasteiger partial charge in [-0.3, -0.25) is 4.79 Å². The largest absolute Gasteiger partial charge is 0.416 e. The first kappa shape index (κ1) is 67.9. The third kappa shape index (κ3) is 16.6. The van der Waals surface area contributed by atoms with Gasteiger partial charge in [0.2, 0.25) is 17.8 Å². The first-order valence-corrected chi connectivity index (χ1v) is 25.9. The Morgan fingerprint density at radius 1 is 0.349 bits per heavy atom. The number of hydrogen-bond donors (Lipinski definition) is 0. The molecule has 0 saturated heterocycles. The third-order valence-electron chi connectivity index (χ3n) is 14.2. The van der Waals surface area contributed by atoms with Gasteiger partial charge in [-0.1, -0.05) is 143 Å². The lowest BCUT2D eigenvalue weighted by molar-refractivity contribution is -0.664. The fourth-order valence-electron chi connectivity index (χ4n) is 10.1. The van der Waals surface area contributed by atoms with Crippen LogP contribution in [0.15, 0.2) is 140 Å². The molecule has 0 N–H and O–H groups in total. The minimum Gasteiger partial charge on any atom is -0.287 e. The molecule has 464 valence electrons. The average molecular weight is 1250 g/mol. The summed E-state index contributed by atoms with van der Waals surface area (Å²) in [5.41, 5.74) is -27.0. The molecule has 0 bridgehead atoms. The molecule has 0 amide bonds. The summed E-state index contributed by atoms with van der Waals surface area (Å²) in [6.07, 6.45) is -43.2. The van der Waals surface area contributed by atoms with E-state index in [1.807, 2.05) is 30.3 Å². The quantitative estimate of drug-likeness (QED) is 0.0311. The first-order valence-electron chi connectivity index (χ1n) is 25.9. The Balaban J connectivity index is 0.000000340. The number of benzene rings is 6. The molecule has 0 unspecified atom stereocenters. The zero-order valence-corrected chi connectivity index (χ0v) is 44.4. The zero-order chi connectivity index (χ0) is 64.2. The molecule has 1 aromatic heterocycles. The number of ketones is 1. The molecule has 0 aliphatic heterocycles. The number of carbonyl (C=O) groups excluding carboxylic acids is 1. The lowest BCUT2D eigenvalue weighted by atomic mass is 9.12. The van der Waals surface area contributed by atoms with E-state index in [1.54, 1.807) is 0 Å². The molecular weight excluding hydrogens is 1210 g/mol. The monoisotopic (exact) mass is 1250 g/mol. The van der Waals surface area contributed by atoms with Gasteiger partial charge < -0.3 is 0 Å². The summed E-state index contributed by atoms with van der Waals surface area (Å²) in [4.78, 5) is 12.9. The molecule has 6 aromatic carbocycles. The van der Waals surface area contributed by atoms with Gasteiger partial charge in [0, 0.05) is 29.5 Å². The predicted octanol–water partition coefficient (Wildman–Crippen LogP) is 17.9. The van der Waals surface area contributed by atoms with E-state index >= 15 is 0 Å². The summed E-state index contributed by atoms with van der Waals surface area (Å²) in [7, 11) is 0. The zero-order valence-electron chi connectivity index (χ0n) is 44.4. The topological polar surface area (TPSA) is 20.9 Å². The summed E-state index contributed by atoms with van der Waals surface area (Å²) in [6, 6.07) is 13.6. The Labute approximate surface area is 474 Å². The Kier molecular flexibility index (Phi) is 20.2. The number of rotatable bonds is 16. The molecule has 7 rings (SSSR count). The van der Waals surface area contributed by atoms with Crippen molar-refractivity contribution in [3.05, 3.63) is 195 Å². The normalized spacial score (nSPS) is 13.2. The molecule has 7 aromatic rings. The van der Waals surface area contributed by atoms with E-state index in [1.165, 1.54) is 62.4 Å². The van der Waals surface area contributed by atoms with Crippen LogP contribution in [0.25, 0.3) is 10.9 Å². The van der Waals surface area contributed by atoms with E-state index in [0.717, 1.165) is 17.5 Å². The van der Waals surface area contributed by atoms with Crippen molar-refractivity contribution in [2.24, 2.45) is 0 Å². The highest BCUT2D eigenvalue weighted by Crippen LogP contribution is 2.41. The predicted molar refractivity (Wildman–Crippen MR) is 271 cm³/mol. The Bertz CT molecular complexity index is 3040. The molecule has 2 nitrogen and oxygen atoms in total. The molecule has 0 saturated carbocycles. The maximum Gasteiger partial charge on any atom is 0.416 e. The number of unbranched alkanes of at least 4 members (excludes halogenated alkanes) is 7. The summed E-state index contributed by atoms with van der Waals surface area (Å²) in [5, 5.41) is 1.19. The van der Waals surface area contributed by atoms with E-state index < -0.39 is 195 Å². The van der Waals surface area contributed by atoms with Crippen molar-refractivity contribution in [1.29, 1.82) is 0 Å². The van der Waals surface area contributed by atoms with Crippen molar-refractivity contribution in [2.45, 2.75) is 121 Å². The van der Waals surface area contributed by atoms with Crippen LogP contribution in [-0.4, -0.2) is 11.9 Å². The molecule has 86 heavy (non-hydrogen) atoms. The summed E-state index contributed by atoms with van der Waals surface area (Å²) >= 11 is 0. The van der Waals surface area contributed by atoms with E-state index in [-0.39, 0.29) is 5.78 Å². The minimum absolute atomic E-state index is 0.170. The summed E-state index contributed by atoms with van der Waals surface area (Å²) in [5.74, 6) is 0.170. The Hall–Kier alpha value is -7.22. The molecular formula is C59H46BF24NO. The number of pyridine rings is 1. The number of alkyl halides is 24. The van der Waals surface area contributed by atoms with Gasteiger partial charge in [0.15, 0.2) is 5.69 Å². The average Bonchev–Trinajstić information content (AvgIpc) is 0.729. The third-order valence-corrected chi connectivity index (χ3v) is 14.2. The van der Waals surface area contributed by atoms with Gasteiger partial charge >= 0.3 is 49.4 Å². The number of para-hydroxylation sites is 1. The second-order valence-corrected chi connectivity index (χ2v) is 20.2. The molecule has 0 radical (unpaired) electrons. The maximum absolute atomic E-state index is 14.2. The van der Waals surface area contributed by atoms with E-state index in [4.69, 9.17) is 0 Å². The van der Waals surface area contributed by atoms with Crippen molar-refractivity contribution in [3.8, 4) is 0 Å². The van der Waals surface area contributed by atoms with Gasteiger partial charge in [-0.15, -0.1) is 0 Å². The number of hydrogen-bond acceptors (Lipinski definition) is 1. The van der Waals surface area contributed by atoms with Gasteiger partial charge in [0.1, 0.15) is 6.15 Å². The fourth-order valence-corrected chi connectivity index (χ4v) is 10.1. The molecule has 0 fully saturated rings. The lowest BCUT2D eigenvalue weighted by Gasteiger charge is -2.46. The smallest absolute Gasteiger partial charge is 0.287 e. The van der Waals surface area contributed by atoms with Crippen molar-refractivity contribution < 1.29 is 115 Å². The molecule has 0 aliphatic rings. The van der Waals surface area contributed by atoms with Crippen LogP contribution in [0.4, 0.5) is 105 Å². The van der Waals surface area contributed by atoms with Crippen LogP contribution >= 0.6 is 0 Å². The van der Waals surface area contributed by atoms with Crippen molar-refractivity contribution >= 4 is 44.7 Å².